The minimum atomic E-state index is -5.01. The van der Waals surface area contributed by atoms with Crippen LogP contribution < -0.4 is 10.6 Å². The summed E-state index contributed by atoms with van der Waals surface area (Å²) < 4.78 is 41.4. The molecule has 27 heavy (non-hydrogen) atoms. The summed E-state index contributed by atoms with van der Waals surface area (Å²) >= 11 is 0. The average molecular weight is 380 g/mol. The lowest BCUT2D eigenvalue weighted by molar-refractivity contribution is -0.167. The Kier molecular flexibility index (Phi) is 6.17. The van der Waals surface area contributed by atoms with Crippen LogP contribution in [0.4, 0.5) is 24.5 Å². The van der Waals surface area contributed by atoms with Crippen LogP contribution in [0.3, 0.4) is 0 Å². The lowest BCUT2D eigenvalue weighted by Crippen LogP contribution is -2.29. The number of para-hydroxylation sites is 1. The van der Waals surface area contributed by atoms with Crippen LogP contribution in [0.25, 0.3) is 0 Å². The summed E-state index contributed by atoms with van der Waals surface area (Å²) in [6, 6.07) is 11.6. The first kappa shape index (κ1) is 20.0. The van der Waals surface area contributed by atoms with Crippen LogP contribution in [-0.2, 0) is 14.3 Å². The molecule has 0 atom stereocenters. The topological polar surface area (TPSA) is 84.5 Å². The van der Waals surface area contributed by atoms with Gasteiger partial charge in [0.15, 0.2) is 6.61 Å². The van der Waals surface area contributed by atoms with E-state index in [1.165, 1.54) is 12.1 Å². The van der Waals surface area contributed by atoms with Gasteiger partial charge in [0.1, 0.15) is 0 Å². The number of halogens is 3. The van der Waals surface area contributed by atoms with Gasteiger partial charge in [0, 0.05) is 11.4 Å². The number of carbonyl (C=O) groups excluding carboxylic acids is 3. The fraction of sp³-hybridized carbons (Fsp3) is 0.167. The lowest BCUT2D eigenvalue weighted by Gasteiger charge is -2.10. The second-order valence-corrected chi connectivity index (χ2v) is 5.47. The molecule has 9 heteroatoms. The molecule has 6 nitrogen and oxygen atoms in total. The Morgan fingerprint density at radius 3 is 2.19 bits per heavy atom. The Bertz CT molecular complexity index is 848. The van der Waals surface area contributed by atoms with Gasteiger partial charge in [0.25, 0.3) is 5.91 Å². The van der Waals surface area contributed by atoms with E-state index in [1.54, 1.807) is 30.4 Å². The van der Waals surface area contributed by atoms with E-state index in [0.717, 1.165) is 17.7 Å². The van der Waals surface area contributed by atoms with Crippen molar-refractivity contribution in [3.8, 4) is 0 Å². The van der Waals surface area contributed by atoms with Crippen LogP contribution >= 0.6 is 0 Å². The lowest BCUT2D eigenvalue weighted by atomic mass is 10.2. The van der Waals surface area contributed by atoms with Crippen LogP contribution in [0, 0.1) is 6.92 Å². The van der Waals surface area contributed by atoms with Crippen molar-refractivity contribution in [2.45, 2.75) is 13.1 Å². The highest BCUT2D eigenvalue weighted by Crippen LogP contribution is 2.19. The highest BCUT2D eigenvalue weighted by atomic mass is 19.4. The third-order valence-corrected chi connectivity index (χ3v) is 3.39. The number of hydrogen-bond acceptors (Lipinski definition) is 4. The number of hydrogen-bond donors (Lipinski definition) is 2. The van der Waals surface area contributed by atoms with E-state index < -0.39 is 30.6 Å². The van der Waals surface area contributed by atoms with Gasteiger partial charge < -0.3 is 15.4 Å². The number of carbonyl (C=O) groups is 3. The van der Waals surface area contributed by atoms with Gasteiger partial charge in [0.2, 0.25) is 0 Å². The predicted octanol–water partition coefficient (Wildman–Crippen LogP) is 3.29. The van der Waals surface area contributed by atoms with E-state index >= 15 is 0 Å². The molecule has 0 aliphatic carbocycles. The Balaban J connectivity index is 1.88. The minimum absolute atomic E-state index is 0.0173. The largest absolute Gasteiger partial charge is 0.471 e. The van der Waals surface area contributed by atoms with Gasteiger partial charge in [-0.25, -0.2) is 4.79 Å². The zero-order valence-electron chi connectivity index (χ0n) is 14.1. The molecule has 0 bridgehead atoms. The molecule has 2 N–H and O–H groups in total. The van der Waals surface area contributed by atoms with Gasteiger partial charge in [-0.15, -0.1) is 0 Å². The SMILES string of the molecule is Cc1ccccc1NC(=O)COC(=O)c1ccc(NC(=O)C(F)(F)F)cc1. The fourth-order valence-electron chi connectivity index (χ4n) is 2.01. The van der Waals surface area contributed by atoms with E-state index in [1.807, 2.05) is 6.07 Å². The van der Waals surface area contributed by atoms with Crippen molar-refractivity contribution in [3.63, 3.8) is 0 Å². The molecule has 0 aromatic heterocycles. The van der Waals surface area contributed by atoms with Crippen LogP contribution in [0.15, 0.2) is 48.5 Å². The van der Waals surface area contributed by atoms with E-state index in [9.17, 15) is 27.6 Å². The molecule has 0 unspecified atom stereocenters. The standard InChI is InChI=1S/C18H15F3N2O4/c1-11-4-2-3-5-14(11)23-15(24)10-27-16(25)12-6-8-13(9-7-12)22-17(26)18(19,20)21/h2-9H,10H2,1H3,(H,22,26)(H,23,24). The summed E-state index contributed by atoms with van der Waals surface area (Å²) in [6.45, 7) is 1.28. The molecular formula is C18H15F3N2O4. The zero-order valence-corrected chi connectivity index (χ0v) is 14.1. The molecular weight excluding hydrogens is 365 g/mol. The molecule has 2 rings (SSSR count). The van der Waals surface area contributed by atoms with Crippen molar-refractivity contribution in [2.75, 3.05) is 17.2 Å². The summed E-state index contributed by atoms with van der Waals surface area (Å²) in [6.07, 6.45) is -5.01. The first-order valence-corrected chi connectivity index (χ1v) is 7.67. The number of ether oxygens (including phenoxy) is 1. The van der Waals surface area contributed by atoms with Gasteiger partial charge in [-0.3, -0.25) is 9.59 Å². The van der Waals surface area contributed by atoms with Crippen molar-refractivity contribution >= 4 is 29.2 Å². The van der Waals surface area contributed by atoms with Crippen LogP contribution in [0.5, 0.6) is 0 Å². The molecule has 2 aromatic carbocycles. The molecule has 0 radical (unpaired) electrons. The molecule has 0 heterocycles. The third kappa shape index (κ3) is 5.84. The Labute approximate surface area is 152 Å². The number of benzene rings is 2. The van der Waals surface area contributed by atoms with Crippen LogP contribution in [-0.4, -0.2) is 30.6 Å². The second-order valence-electron chi connectivity index (χ2n) is 5.47. The Morgan fingerprint density at radius 2 is 1.59 bits per heavy atom. The smallest absolute Gasteiger partial charge is 0.452 e. The number of aryl methyl sites for hydroxylation is 1. The van der Waals surface area contributed by atoms with Crippen molar-refractivity contribution in [1.29, 1.82) is 0 Å². The molecule has 2 amide bonds. The molecule has 0 aliphatic heterocycles. The maximum absolute atomic E-state index is 12.2. The zero-order chi connectivity index (χ0) is 20.0. The fourth-order valence-corrected chi connectivity index (χ4v) is 2.01. The predicted molar refractivity (Wildman–Crippen MR) is 91.2 cm³/mol. The summed E-state index contributed by atoms with van der Waals surface area (Å²) in [5.74, 6) is -3.49. The summed E-state index contributed by atoms with van der Waals surface area (Å²) in [5, 5.41) is 4.24. The monoisotopic (exact) mass is 380 g/mol. The maximum Gasteiger partial charge on any atom is 0.471 e. The third-order valence-electron chi connectivity index (χ3n) is 3.39. The number of nitrogens with one attached hydrogen (secondary N) is 2. The summed E-state index contributed by atoms with van der Waals surface area (Å²) in [5.41, 5.74) is 1.31. The van der Waals surface area contributed by atoms with E-state index in [4.69, 9.17) is 4.74 Å². The molecule has 0 spiro atoms. The first-order valence-electron chi connectivity index (χ1n) is 7.67. The van der Waals surface area contributed by atoms with E-state index in [2.05, 4.69) is 5.32 Å². The number of amides is 2. The molecule has 0 aliphatic rings. The van der Waals surface area contributed by atoms with Crippen molar-refractivity contribution in [1.82, 2.24) is 0 Å². The average Bonchev–Trinajstić information content (AvgIpc) is 2.61. The molecule has 2 aromatic rings. The van der Waals surface area contributed by atoms with Crippen molar-refractivity contribution < 1.29 is 32.3 Å². The van der Waals surface area contributed by atoms with Gasteiger partial charge in [-0.05, 0) is 42.8 Å². The molecule has 0 saturated carbocycles. The van der Waals surface area contributed by atoms with Crippen molar-refractivity contribution in [3.05, 3.63) is 59.7 Å². The van der Waals surface area contributed by atoms with Gasteiger partial charge >= 0.3 is 18.1 Å². The quantitative estimate of drug-likeness (QED) is 0.780. The van der Waals surface area contributed by atoms with Crippen molar-refractivity contribution in [2.24, 2.45) is 0 Å². The van der Waals surface area contributed by atoms with Crippen LogP contribution in [0.1, 0.15) is 15.9 Å². The molecule has 142 valence electrons. The number of rotatable bonds is 5. The molecule has 0 saturated heterocycles. The Hall–Kier alpha value is -3.36. The van der Waals surface area contributed by atoms with E-state index in [0.29, 0.717) is 5.69 Å². The minimum Gasteiger partial charge on any atom is -0.452 e. The number of alkyl halides is 3. The highest BCUT2D eigenvalue weighted by Gasteiger charge is 2.38. The first-order chi connectivity index (χ1) is 12.7. The maximum atomic E-state index is 12.2. The van der Waals surface area contributed by atoms with E-state index in [-0.39, 0.29) is 11.3 Å². The van der Waals surface area contributed by atoms with Crippen LogP contribution in [0.2, 0.25) is 0 Å². The van der Waals surface area contributed by atoms with Gasteiger partial charge in [-0.2, -0.15) is 13.2 Å². The van der Waals surface area contributed by atoms with Gasteiger partial charge in [0.05, 0.1) is 5.56 Å². The normalized spacial score (nSPS) is 10.8. The Morgan fingerprint density at radius 1 is 0.963 bits per heavy atom. The second kappa shape index (κ2) is 8.35. The summed E-state index contributed by atoms with van der Waals surface area (Å²) in [7, 11) is 0. The highest BCUT2D eigenvalue weighted by molar-refractivity contribution is 5.97. The van der Waals surface area contributed by atoms with Gasteiger partial charge in [-0.1, -0.05) is 18.2 Å². The molecule has 0 fully saturated rings. The number of anilines is 2. The summed E-state index contributed by atoms with van der Waals surface area (Å²) in [4.78, 5) is 34.6. The number of esters is 1.